The molecule has 0 saturated carbocycles. The molecule has 18 heavy (non-hydrogen) atoms. The molecule has 1 aromatic carbocycles. The summed E-state index contributed by atoms with van der Waals surface area (Å²) in [6.45, 7) is 6.32. The molecule has 0 aromatic heterocycles. The van der Waals surface area contributed by atoms with E-state index in [1.54, 1.807) is 18.9 Å². The largest absolute Gasteiger partial charge is 0.496 e. The first-order valence-electron chi connectivity index (χ1n) is 6.36. The van der Waals surface area contributed by atoms with Crippen molar-refractivity contribution in [3.05, 3.63) is 28.8 Å². The van der Waals surface area contributed by atoms with Crippen molar-refractivity contribution in [1.29, 1.82) is 0 Å². The minimum absolute atomic E-state index is 0.374. The minimum atomic E-state index is -0.374. The molecule has 2 nitrogen and oxygen atoms in total. The van der Waals surface area contributed by atoms with E-state index in [-0.39, 0.29) is 6.10 Å². The number of hydrogen-bond acceptors (Lipinski definition) is 3. The van der Waals surface area contributed by atoms with Crippen LogP contribution in [0, 0.1) is 6.92 Å². The Morgan fingerprint density at radius 2 is 1.94 bits per heavy atom. The van der Waals surface area contributed by atoms with Gasteiger partial charge in [0.2, 0.25) is 0 Å². The van der Waals surface area contributed by atoms with Gasteiger partial charge < -0.3 is 9.84 Å². The predicted octanol–water partition coefficient (Wildman–Crippen LogP) is 3.91. The highest BCUT2D eigenvalue weighted by atomic mass is 32.2. The SMILES string of the molecule is COc1cc(C)c(C(O)CCSC)cc1C(C)C. The number of aliphatic hydroxyl groups is 1. The van der Waals surface area contributed by atoms with E-state index in [0.717, 1.165) is 29.1 Å². The van der Waals surface area contributed by atoms with Crippen LogP contribution in [0.5, 0.6) is 5.75 Å². The first-order chi connectivity index (χ1) is 8.51. The fraction of sp³-hybridized carbons (Fsp3) is 0.600. The molecular weight excluding hydrogens is 244 g/mol. The van der Waals surface area contributed by atoms with Gasteiger partial charge in [0.05, 0.1) is 13.2 Å². The lowest BCUT2D eigenvalue weighted by Crippen LogP contribution is -2.05. The van der Waals surface area contributed by atoms with Crippen LogP contribution in [-0.2, 0) is 0 Å². The van der Waals surface area contributed by atoms with Gasteiger partial charge in [-0.05, 0) is 60.1 Å². The number of hydrogen-bond donors (Lipinski definition) is 1. The van der Waals surface area contributed by atoms with Crippen LogP contribution >= 0.6 is 11.8 Å². The molecule has 0 aliphatic rings. The molecule has 1 unspecified atom stereocenters. The zero-order valence-corrected chi connectivity index (χ0v) is 12.8. The zero-order valence-electron chi connectivity index (χ0n) is 12.0. The zero-order chi connectivity index (χ0) is 13.7. The Morgan fingerprint density at radius 1 is 1.28 bits per heavy atom. The van der Waals surface area contributed by atoms with E-state index in [2.05, 4.69) is 26.2 Å². The number of ether oxygens (including phenoxy) is 1. The summed E-state index contributed by atoms with van der Waals surface area (Å²) in [6.07, 6.45) is 2.49. The standard InChI is InChI=1S/C15H24O2S/c1-10(2)12-9-13(14(16)6-7-18-5)11(3)8-15(12)17-4/h8-10,14,16H,6-7H2,1-5H3. The fourth-order valence-corrected chi connectivity index (χ4v) is 2.55. The number of rotatable bonds is 6. The number of benzene rings is 1. The molecule has 0 radical (unpaired) electrons. The van der Waals surface area contributed by atoms with Crippen LogP contribution in [0.15, 0.2) is 12.1 Å². The molecule has 1 aromatic rings. The van der Waals surface area contributed by atoms with Crippen LogP contribution in [0.2, 0.25) is 0 Å². The van der Waals surface area contributed by atoms with Crippen molar-refractivity contribution in [2.24, 2.45) is 0 Å². The summed E-state index contributed by atoms with van der Waals surface area (Å²) in [5.74, 6) is 2.29. The molecule has 1 rings (SSSR count). The third-order valence-electron chi connectivity index (χ3n) is 3.19. The summed E-state index contributed by atoms with van der Waals surface area (Å²) in [6, 6.07) is 4.14. The number of aryl methyl sites for hydroxylation is 1. The molecule has 102 valence electrons. The van der Waals surface area contributed by atoms with Gasteiger partial charge in [0.1, 0.15) is 5.75 Å². The van der Waals surface area contributed by atoms with Gasteiger partial charge in [-0.3, -0.25) is 0 Å². The smallest absolute Gasteiger partial charge is 0.122 e. The lowest BCUT2D eigenvalue weighted by molar-refractivity contribution is 0.174. The van der Waals surface area contributed by atoms with Gasteiger partial charge in [-0.25, -0.2) is 0 Å². The summed E-state index contributed by atoms with van der Waals surface area (Å²) >= 11 is 1.76. The quantitative estimate of drug-likeness (QED) is 0.848. The van der Waals surface area contributed by atoms with Gasteiger partial charge in [-0.15, -0.1) is 0 Å². The van der Waals surface area contributed by atoms with Crippen LogP contribution in [0.3, 0.4) is 0 Å². The third-order valence-corrected chi connectivity index (χ3v) is 3.84. The number of methoxy groups -OCH3 is 1. The highest BCUT2D eigenvalue weighted by molar-refractivity contribution is 7.98. The van der Waals surface area contributed by atoms with Crippen LogP contribution in [0.4, 0.5) is 0 Å². The lowest BCUT2D eigenvalue weighted by Gasteiger charge is -2.19. The summed E-state index contributed by atoms with van der Waals surface area (Å²) in [5.41, 5.74) is 3.31. The van der Waals surface area contributed by atoms with E-state index < -0.39 is 0 Å². The molecule has 1 atom stereocenters. The van der Waals surface area contributed by atoms with E-state index in [0.29, 0.717) is 5.92 Å². The van der Waals surface area contributed by atoms with Crippen molar-refractivity contribution in [1.82, 2.24) is 0 Å². The van der Waals surface area contributed by atoms with Crippen LogP contribution in [-0.4, -0.2) is 24.2 Å². The van der Waals surface area contributed by atoms with Crippen molar-refractivity contribution in [2.45, 2.75) is 39.2 Å². The molecule has 0 spiro atoms. The minimum Gasteiger partial charge on any atom is -0.496 e. The molecule has 0 aliphatic carbocycles. The second kappa shape index (κ2) is 7.05. The number of aliphatic hydroxyl groups excluding tert-OH is 1. The first kappa shape index (κ1) is 15.4. The summed E-state index contributed by atoms with van der Waals surface area (Å²) in [5, 5.41) is 10.2. The molecule has 3 heteroatoms. The number of thioether (sulfide) groups is 1. The average Bonchev–Trinajstić information content (AvgIpc) is 2.34. The summed E-state index contributed by atoms with van der Waals surface area (Å²) < 4.78 is 5.42. The highest BCUT2D eigenvalue weighted by Gasteiger charge is 2.16. The molecule has 0 saturated heterocycles. The van der Waals surface area contributed by atoms with Crippen molar-refractivity contribution < 1.29 is 9.84 Å². The Morgan fingerprint density at radius 3 is 2.44 bits per heavy atom. The van der Waals surface area contributed by atoms with Gasteiger partial charge in [0.15, 0.2) is 0 Å². The summed E-state index contributed by atoms with van der Waals surface area (Å²) in [7, 11) is 1.70. The van der Waals surface area contributed by atoms with Crippen molar-refractivity contribution in [2.75, 3.05) is 19.1 Å². The Bertz CT molecular complexity index is 388. The van der Waals surface area contributed by atoms with Gasteiger partial charge >= 0.3 is 0 Å². The van der Waals surface area contributed by atoms with Crippen molar-refractivity contribution in [3.8, 4) is 5.75 Å². The van der Waals surface area contributed by atoms with Gasteiger partial charge in [-0.1, -0.05) is 13.8 Å². The molecular formula is C15H24O2S. The van der Waals surface area contributed by atoms with Crippen LogP contribution < -0.4 is 4.74 Å². The van der Waals surface area contributed by atoms with E-state index in [4.69, 9.17) is 4.74 Å². The monoisotopic (exact) mass is 268 g/mol. The maximum Gasteiger partial charge on any atom is 0.122 e. The lowest BCUT2D eigenvalue weighted by atomic mass is 9.93. The molecule has 1 N–H and O–H groups in total. The Labute approximate surface area is 115 Å². The highest BCUT2D eigenvalue weighted by Crippen LogP contribution is 2.33. The Kier molecular flexibility index (Phi) is 6.03. The predicted molar refractivity (Wildman–Crippen MR) is 79.8 cm³/mol. The van der Waals surface area contributed by atoms with Crippen LogP contribution in [0.25, 0.3) is 0 Å². The van der Waals surface area contributed by atoms with Crippen LogP contribution in [0.1, 0.15) is 49.0 Å². The van der Waals surface area contributed by atoms with E-state index in [1.807, 2.05) is 13.0 Å². The van der Waals surface area contributed by atoms with Gasteiger partial charge in [-0.2, -0.15) is 11.8 Å². The molecule has 0 aliphatic heterocycles. The van der Waals surface area contributed by atoms with Gasteiger partial charge in [0, 0.05) is 0 Å². The Hall–Kier alpha value is -0.670. The van der Waals surface area contributed by atoms with E-state index in [9.17, 15) is 5.11 Å². The molecule has 0 bridgehead atoms. The molecule has 0 fully saturated rings. The van der Waals surface area contributed by atoms with E-state index >= 15 is 0 Å². The van der Waals surface area contributed by atoms with Crippen molar-refractivity contribution >= 4 is 11.8 Å². The maximum atomic E-state index is 10.2. The second-order valence-electron chi connectivity index (χ2n) is 4.90. The fourth-order valence-electron chi connectivity index (χ4n) is 2.09. The Balaban J connectivity index is 3.08. The topological polar surface area (TPSA) is 29.5 Å². The van der Waals surface area contributed by atoms with Crippen molar-refractivity contribution in [3.63, 3.8) is 0 Å². The average molecular weight is 268 g/mol. The summed E-state index contributed by atoms with van der Waals surface area (Å²) in [4.78, 5) is 0. The van der Waals surface area contributed by atoms with Gasteiger partial charge in [0.25, 0.3) is 0 Å². The maximum absolute atomic E-state index is 10.2. The second-order valence-corrected chi connectivity index (χ2v) is 5.89. The molecule has 0 heterocycles. The first-order valence-corrected chi connectivity index (χ1v) is 7.76. The molecule has 0 amide bonds. The normalized spacial score (nSPS) is 12.8. The third kappa shape index (κ3) is 3.66. The van der Waals surface area contributed by atoms with E-state index in [1.165, 1.54) is 5.56 Å².